The molecule has 182 valence electrons. The summed E-state index contributed by atoms with van der Waals surface area (Å²) in [5.74, 6) is 0.938. The van der Waals surface area contributed by atoms with E-state index in [4.69, 9.17) is 14.9 Å². The Balaban J connectivity index is 0.00000289. The first-order valence-electron chi connectivity index (χ1n) is 11.4. The average molecular weight is 494 g/mol. The second-order valence-electron chi connectivity index (χ2n) is 8.36. The molecule has 2 N–H and O–H groups in total. The minimum absolute atomic E-state index is 0. The van der Waals surface area contributed by atoms with Crippen molar-refractivity contribution in [2.75, 3.05) is 39.9 Å². The fraction of sp³-hybridized carbons (Fsp3) is 0.269. The third-order valence-electron chi connectivity index (χ3n) is 6.13. The van der Waals surface area contributed by atoms with Gasteiger partial charge in [-0.2, -0.15) is 5.10 Å². The second kappa shape index (κ2) is 10.2. The van der Waals surface area contributed by atoms with Crippen LogP contribution in [0.1, 0.15) is 12.5 Å². The standard InChI is InChI=1S/C26H27N5O3.ClH/c1-3-33-25(27)20-7-9-23-22(16-20)24(29-28-23)19-5-4-18-15-21(8-6-17(18)14-19)34-13-12-31-11-10-30(2)26(31)32;/h4-9,14-16,27H,3,10-13H2,1-2H3,(H,28,29);1H. The number of amides is 2. The predicted molar refractivity (Wildman–Crippen MR) is 140 cm³/mol. The van der Waals surface area contributed by atoms with E-state index in [-0.39, 0.29) is 24.3 Å². The number of aromatic amines is 1. The highest BCUT2D eigenvalue weighted by atomic mass is 35.5. The number of rotatable bonds is 7. The van der Waals surface area contributed by atoms with Crippen LogP contribution in [0.15, 0.2) is 54.6 Å². The van der Waals surface area contributed by atoms with Gasteiger partial charge in [0.2, 0.25) is 5.90 Å². The number of hydrogen-bond acceptors (Lipinski definition) is 5. The van der Waals surface area contributed by atoms with Gasteiger partial charge in [0.25, 0.3) is 0 Å². The Hall–Kier alpha value is -3.78. The molecule has 0 aliphatic carbocycles. The number of fused-ring (bicyclic) bond motifs is 2. The maximum absolute atomic E-state index is 12.0. The summed E-state index contributed by atoms with van der Waals surface area (Å²) in [7, 11) is 1.82. The van der Waals surface area contributed by atoms with Crippen molar-refractivity contribution in [2.45, 2.75) is 6.92 Å². The van der Waals surface area contributed by atoms with Gasteiger partial charge in [0.1, 0.15) is 12.4 Å². The molecule has 0 spiro atoms. The molecule has 2 heterocycles. The lowest BCUT2D eigenvalue weighted by Crippen LogP contribution is -2.32. The van der Waals surface area contributed by atoms with E-state index in [1.165, 1.54) is 0 Å². The van der Waals surface area contributed by atoms with Crippen LogP contribution in [-0.4, -0.2) is 71.8 Å². The summed E-state index contributed by atoms with van der Waals surface area (Å²) in [6.45, 7) is 4.87. The quantitative estimate of drug-likeness (QED) is 0.282. The Labute approximate surface area is 209 Å². The van der Waals surface area contributed by atoms with Crippen molar-refractivity contribution in [1.82, 2.24) is 20.0 Å². The van der Waals surface area contributed by atoms with Crippen molar-refractivity contribution < 1.29 is 14.3 Å². The van der Waals surface area contributed by atoms with E-state index >= 15 is 0 Å². The highest BCUT2D eigenvalue weighted by molar-refractivity contribution is 6.01. The van der Waals surface area contributed by atoms with Crippen molar-refractivity contribution in [1.29, 1.82) is 5.41 Å². The van der Waals surface area contributed by atoms with E-state index in [2.05, 4.69) is 22.3 Å². The number of H-pyrrole nitrogens is 1. The van der Waals surface area contributed by atoms with Crippen molar-refractivity contribution >= 4 is 46.0 Å². The first-order valence-corrected chi connectivity index (χ1v) is 11.4. The normalized spacial score (nSPS) is 13.4. The van der Waals surface area contributed by atoms with Crippen LogP contribution in [0.2, 0.25) is 0 Å². The van der Waals surface area contributed by atoms with Gasteiger partial charge in [0, 0.05) is 36.7 Å². The molecule has 5 rings (SSSR count). The van der Waals surface area contributed by atoms with Crippen LogP contribution in [0.4, 0.5) is 4.79 Å². The smallest absolute Gasteiger partial charge is 0.319 e. The largest absolute Gasteiger partial charge is 0.492 e. The minimum atomic E-state index is 0. The van der Waals surface area contributed by atoms with Crippen molar-refractivity contribution in [3.63, 3.8) is 0 Å². The molecular formula is C26H28ClN5O3. The van der Waals surface area contributed by atoms with Crippen LogP contribution in [0.5, 0.6) is 5.75 Å². The molecule has 1 aliphatic rings. The zero-order valence-corrected chi connectivity index (χ0v) is 20.5. The SMILES string of the molecule is CCOC(=N)c1ccc2[nH]nc(-c3ccc4cc(OCCN5CCN(C)C5=O)ccc4c3)c2c1.Cl. The summed E-state index contributed by atoms with van der Waals surface area (Å²) in [6.07, 6.45) is 0. The van der Waals surface area contributed by atoms with Gasteiger partial charge in [-0.25, -0.2) is 4.79 Å². The van der Waals surface area contributed by atoms with Gasteiger partial charge in [-0.05, 0) is 54.1 Å². The fourth-order valence-corrected chi connectivity index (χ4v) is 4.25. The average Bonchev–Trinajstić information content (AvgIpc) is 3.42. The van der Waals surface area contributed by atoms with Gasteiger partial charge in [-0.1, -0.05) is 18.2 Å². The van der Waals surface area contributed by atoms with Crippen LogP contribution in [0.3, 0.4) is 0 Å². The number of urea groups is 1. The second-order valence-corrected chi connectivity index (χ2v) is 8.36. The summed E-state index contributed by atoms with van der Waals surface area (Å²) < 4.78 is 11.3. The first-order chi connectivity index (χ1) is 16.5. The number of ether oxygens (including phenoxy) is 2. The van der Waals surface area contributed by atoms with E-state index < -0.39 is 0 Å². The lowest BCUT2D eigenvalue weighted by molar-refractivity contribution is 0.188. The molecule has 0 radical (unpaired) electrons. The Morgan fingerprint density at radius 2 is 1.89 bits per heavy atom. The minimum Gasteiger partial charge on any atom is -0.492 e. The highest BCUT2D eigenvalue weighted by Gasteiger charge is 2.24. The molecule has 0 unspecified atom stereocenters. The molecule has 0 atom stereocenters. The number of nitrogens with one attached hydrogen (secondary N) is 2. The Kier molecular flexibility index (Phi) is 7.12. The number of hydrogen-bond donors (Lipinski definition) is 2. The molecular weight excluding hydrogens is 466 g/mol. The molecule has 1 fully saturated rings. The van der Waals surface area contributed by atoms with Crippen LogP contribution in [-0.2, 0) is 4.74 Å². The van der Waals surface area contributed by atoms with E-state index in [1.807, 2.05) is 61.3 Å². The molecule has 9 heteroatoms. The summed E-state index contributed by atoms with van der Waals surface area (Å²) in [6, 6.07) is 18.0. The molecule has 4 aromatic rings. The maximum atomic E-state index is 12.0. The number of aromatic nitrogens is 2. The van der Waals surface area contributed by atoms with E-state index in [1.54, 1.807) is 4.90 Å². The first kappa shape index (κ1) is 24.3. The Morgan fingerprint density at radius 1 is 1.09 bits per heavy atom. The zero-order valence-electron chi connectivity index (χ0n) is 19.7. The van der Waals surface area contributed by atoms with Gasteiger partial charge in [0.15, 0.2) is 0 Å². The topological polar surface area (TPSA) is 94.5 Å². The Bertz CT molecular complexity index is 1390. The molecule has 35 heavy (non-hydrogen) atoms. The molecule has 1 saturated heterocycles. The van der Waals surface area contributed by atoms with Crippen LogP contribution in [0, 0.1) is 5.41 Å². The molecule has 0 bridgehead atoms. The third-order valence-corrected chi connectivity index (χ3v) is 6.13. The molecule has 2 amide bonds. The number of nitrogens with zero attached hydrogens (tertiary/aromatic N) is 3. The van der Waals surface area contributed by atoms with Crippen LogP contribution in [0.25, 0.3) is 32.9 Å². The molecule has 1 aromatic heterocycles. The Morgan fingerprint density at radius 3 is 2.66 bits per heavy atom. The van der Waals surface area contributed by atoms with E-state index in [0.29, 0.717) is 19.8 Å². The summed E-state index contributed by atoms with van der Waals surface area (Å²) in [5, 5.41) is 18.8. The van der Waals surface area contributed by atoms with Crippen molar-refractivity contribution in [3.05, 3.63) is 60.2 Å². The van der Waals surface area contributed by atoms with Gasteiger partial charge in [0.05, 0.1) is 24.4 Å². The third kappa shape index (κ3) is 4.88. The van der Waals surface area contributed by atoms with Crippen LogP contribution >= 0.6 is 12.4 Å². The molecule has 3 aromatic carbocycles. The maximum Gasteiger partial charge on any atom is 0.319 e. The number of benzene rings is 3. The van der Waals surface area contributed by atoms with Gasteiger partial charge >= 0.3 is 6.03 Å². The molecule has 1 aliphatic heterocycles. The molecule has 0 saturated carbocycles. The molecule has 8 nitrogen and oxygen atoms in total. The summed E-state index contributed by atoms with van der Waals surface area (Å²) >= 11 is 0. The van der Waals surface area contributed by atoms with Crippen LogP contribution < -0.4 is 4.74 Å². The van der Waals surface area contributed by atoms with E-state index in [0.717, 1.165) is 57.3 Å². The fourth-order valence-electron chi connectivity index (χ4n) is 4.25. The zero-order chi connectivity index (χ0) is 23.7. The summed E-state index contributed by atoms with van der Waals surface area (Å²) in [5.41, 5.74) is 3.46. The highest BCUT2D eigenvalue weighted by Crippen LogP contribution is 2.31. The number of carbonyl (C=O) groups excluding carboxylic acids is 1. The van der Waals surface area contributed by atoms with Gasteiger partial charge < -0.3 is 19.3 Å². The summed E-state index contributed by atoms with van der Waals surface area (Å²) in [4.78, 5) is 15.5. The van der Waals surface area contributed by atoms with Gasteiger partial charge in [-0.15, -0.1) is 12.4 Å². The van der Waals surface area contributed by atoms with Crippen molar-refractivity contribution in [2.24, 2.45) is 0 Å². The lowest BCUT2D eigenvalue weighted by atomic mass is 10.0. The number of carbonyl (C=O) groups is 1. The van der Waals surface area contributed by atoms with Gasteiger partial charge in [-0.3, -0.25) is 10.5 Å². The number of likely N-dealkylation sites (N-methyl/N-ethyl adjacent to an activating group) is 1. The monoisotopic (exact) mass is 493 g/mol. The lowest BCUT2D eigenvalue weighted by Gasteiger charge is -2.16. The number of halogens is 1. The predicted octanol–water partition coefficient (Wildman–Crippen LogP) is 4.91. The van der Waals surface area contributed by atoms with E-state index in [9.17, 15) is 4.79 Å². The van der Waals surface area contributed by atoms with Crippen molar-refractivity contribution in [3.8, 4) is 17.0 Å².